The zero-order valence-corrected chi connectivity index (χ0v) is 26.9. The van der Waals surface area contributed by atoms with Crippen LogP contribution in [0.2, 0.25) is 10.0 Å². The van der Waals surface area contributed by atoms with Crippen molar-refractivity contribution in [2.24, 2.45) is 0 Å². The van der Waals surface area contributed by atoms with Crippen molar-refractivity contribution in [2.75, 3.05) is 10.5 Å². The molecule has 244 valence electrons. The molecule has 47 heavy (non-hydrogen) atoms. The zero-order chi connectivity index (χ0) is 33.9. The Morgan fingerprint density at radius 3 is 2.17 bits per heavy atom. The van der Waals surface area contributed by atoms with Crippen LogP contribution in [0.5, 0.6) is 11.5 Å². The second-order valence-electron chi connectivity index (χ2n) is 10.4. The first-order valence-corrected chi connectivity index (χ1v) is 16.4. The minimum atomic E-state index is -5.00. The van der Waals surface area contributed by atoms with Crippen LogP contribution in [0.1, 0.15) is 28.7 Å². The number of nitrogens with one attached hydrogen (secondary N) is 1. The maximum atomic E-state index is 12.6. The number of alkyl halides is 3. The number of halogens is 5. The fraction of sp³-hybridized carbons (Fsp3) is 0.152. The van der Waals surface area contributed by atoms with Crippen molar-refractivity contribution >= 4 is 44.9 Å². The van der Waals surface area contributed by atoms with Crippen molar-refractivity contribution in [3.63, 3.8) is 0 Å². The molecular weight excluding hydrogens is 678 g/mol. The summed E-state index contributed by atoms with van der Waals surface area (Å²) in [4.78, 5) is 16.5. The average Bonchev–Trinajstić information content (AvgIpc) is 3.39. The summed E-state index contributed by atoms with van der Waals surface area (Å²) in [6.45, 7) is 2.78. The highest BCUT2D eigenvalue weighted by molar-refractivity contribution is 7.92. The number of aromatic nitrogens is 2. The van der Waals surface area contributed by atoms with Gasteiger partial charge in [0.05, 0.1) is 22.0 Å². The fourth-order valence-corrected chi connectivity index (χ4v) is 6.34. The number of nitrogens with zero attached hydrogens (tertiary/aromatic N) is 2. The van der Waals surface area contributed by atoms with E-state index in [-0.39, 0.29) is 5.75 Å². The number of hydrogen-bond acceptors (Lipinski definition) is 5. The molecule has 0 radical (unpaired) electrons. The van der Waals surface area contributed by atoms with Gasteiger partial charge in [-0.1, -0.05) is 59.6 Å². The SMILES string of the molecule is CCn1cc(-c2ccc(Cl)cc2Cl)nc1Cc1ccc(-c2ccc(Oc3ccc(NS(=O)(=O)CC(F)(F)F)c(C(=O)O)c3)cc2)cc1. The van der Waals surface area contributed by atoms with E-state index in [9.17, 15) is 31.5 Å². The number of ether oxygens (including phenoxy) is 1. The molecule has 5 rings (SSSR count). The molecule has 1 aromatic heterocycles. The van der Waals surface area contributed by atoms with Gasteiger partial charge in [-0.3, -0.25) is 4.72 Å². The minimum absolute atomic E-state index is 0.0465. The Bertz CT molecular complexity index is 2030. The van der Waals surface area contributed by atoms with Crippen LogP contribution in [0.25, 0.3) is 22.4 Å². The van der Waals surface area contributed by atoms with E-state index in [2.05, 4.69) is 4.57 Å². The van der Waals surface area contributed by atoms with Gasteiger partial charge in [0.25, 0.3) is 0 Å². The van der Waals surface area contributed by atoms with Crippen LogP contribution in [0.3, 0.4) is 0 Å². The predicted molar refractivity (Wildman–Crippen MR) is 175 cm³/mol. The zero-order valence-electron chi connectivity index (χ0n) is 24.6. The minimum Gasteiger partial charge on any atom is -0.478 e. The highest BCUT2D eigenvalue weighted by atomic mass is 35.5. The van der Waals surface area contributed by atoms with E-state index in [1.807, 2.05) is 55.6 Å². The van der Waals surface area contributed by atoms with Gasteiger partial charge < -0.3 is 14.4 Å². The number of benzene rings is 4. The van der Waals surface area contributed by atoms with E-state index < -0.39 is 39.2 Å². The van der Waals surface area contributed by atoms with Gasteiger partial charge >= 0.3 is 12.1 Å². The molecule has 0 atom stereocenters. The predicted octanol–water partition coefficient (Wildman–Crippen LogP) is 8.93. The number of imidazole rings is 1. The fourth-order valence-electron chi connectivity index (χ4n) is 4.82. The van der Waals surface area contributed by atoms with E-state index in [4.69, 9.17) is 32.9 Å². The van der Waals surface area contributed by atoms with Crippen molar-refractivity contribution in [1.29, 1.82) is 0 Å². The average molecular weight is 705 g/mol. The van der Waals surface area contributed by atoms with E-state index in [1.165, 1.54) is 6.07 Å². The summed E-state index contributed by atoms with van der Waals surface area (Å²) in [7, 11) is -4.88. The maximum Gasteiger partial charge on any atom is 0.404 e. The lowest BCUT2D eigenvalue weighted by atomic mass is 10.0. The van der Waals surface area contributed by atoms with Crippen molar-refractivity contribution < 1.29 is 36.2 Å². The second-order valence-corrected chi connectivity index (χ2v) is 13.0. The second kappa shape index (κ2) is 13.7. The first-order chi connectivity index (χ1) is 22.2. The molecule has 0 aliphatic carbocycles. The number of rotatable bonds is 11. The molecule has 5 aromatic rings. The molecular formula is C33H26Cl2F3N3O5S. The van der Waals surface area contributed by atoms with Crippen LogP contribution >= 0.6 is 23.2 Å². The molecule has 0 saturated carbocycles. The molecule has 0 unspecified atom stereocenters. The van der Waals surface area contributed by atoms with Crippen LogP contribution in [0.4, 0.5) is 18.9 Å². The van der Waals surface area contributed by atoms with Crippen molar-refractivity contribution in [1.82, 2.24) is 9.55 Å². The first-order valence-electron chi connectivity index (χ1n) is 14.0. The normalized spacial score (nSPS) is 11.8. The van der Waals surface area contributed by atoms with E-state index in [1.54, 1.807) is 29.0 Å². The van der Waals surface area contributed by atoms with Crippen molar-refractivity contribution in [3.05, 3.63) is 118 Å². The summed E-state index contributed by atoms with van der Waals surface area (Å²) in [5.41, 5.74) is 3.37. The van der Waals surface area contributed by atoms with Crippen LogP contribution in [-0.4, -0.2) is 41.0 Å². The highest BCUT2D eigenvalue weighted by Crippen LogP contribution is 2.32. The number of carboxylic acid groups (broad SMARTS) is 1. The number of carboxylic acids is 1. The van der Waals surface area contributed by atoms with Gasteiger partial charge in [-0.2, -0.15) is 13.2 Å². The van der Waals surface area contributed by atoms with E-state index in [0.29, 0.717) is 22.2 Å². The summed E-state index contributed by atoms with van der Waals surface area (Å²) < 4.78 is 70.9. The molecule has 0 aliphatic heterocycles. The molecule has 14 heteroatoms. The Balaban J connectivity index is 1.27. The summed E-state index contributed by atoms with van der Waals surface area (Å²) in [5, 5.41) is 10.6. The summed E-state index contributed by atoms with van der Waals surface area (Å²) >= 11 is 12.4. The van der Waals surface area contributed by atoms with Crippen LogP contribution in [-0.2, 0) is 23.0 Å². The van der Waals surface area contributed by atoms with E-state index >= 15 is 0 Å². The monoisotopic (exact) mass is 703 g/mol. The number of sulfonamides is 1. The van der Waals surface area contributed by atoms with E-state index in [0.717, 1.165) is 52.4 Å². The molecule has 0 aliphatic rings. The van der Waals surface area contributed by atoms with Crippen LogP contribution in [0.15, 0.2) is 91.1 Å². The smallest absolute Gasteiger partial charge is 0.404 e. The number of carbonyl (C=O) groups is 1. The lowest BCUT2D eigenvalue weighted by molar-refractivity contribution is -0.106. The van der Waals surface area contributed by atoms with Crippen LogP contribution < -0.4 is 9.46 Å². The van der Waals surface area contributed by atoms with Gasteiger partial charge in [-0.05, 0) is 72.1 Å². The highest BCUT2D eigenvalue weighted by Gasteiger charge is 2.35. The molecule has 4 aromatic carbocycles. The third-order valence-corrected chi connectivity index (χ3v) is 8.77. The topological polar surface area (TPSA) is 111 Å². The number of aryl methyl sites for hydroxylation is 1. The summed E-state index contributed by atoms with van der Waals surface area (Å²) in [6.07, 6.45) is -2.42. The van der Waals surface area contributed by atoms with Crippen LogP contribution in [0, 0.1) is 0 Å². The summed E-state index contributed by atoms with van der Waals surface area (Å²) in [5.74, 6) is -2.41. The first kappa shape index (κ1) is 33.8. The third kappa shape index (κ3) is 8.64. The molecule has 0 amide bonds. The van der Waals surface area contributed by atoms with Gasteiger partial charge in [0.2, 0.25) is 10.0 Å². The molecule has 0 saturated heterocycles. The van der Waals surface area contributed by atoms with Gasteiger partial charge in [-0.25, -0.2) is 18.2 Å². The Labute approximate surface area is 278 Å². The lowest BCUT2D eigenvalue weighted by Gasteiger charge is -2.14. The number of anilines is 1. The molecule has 0 fully saturated rings. The molecule has 8 nitrogen and oxygen atoms in total. The Morgan fingerprint density at radius 2 is 1.57 bits per heavy atom. The van der Waals surface area contributed by atoms with Gasteiger partial charge in [0.1, 0.15) is 17.3 Å². The maximum absolute atomic E-state index is 12.6. The molecule has 0 bridgehead atoms. The standard InChI is InChI=1S/C33H26Cl2F3N3O5S/c1-2-41-18-30(26-13-9-23(34)16-28(26)35)39-31(41)15-20-3-5-21(6-4-20)22-7-10-24(11-8-22)46-25-12-14-29(27(17-25)32(42)43)40-47(44,45)19-33(36,37)38/h3-14,16-18,40H,2,15,19H2,1H3,(H,42,43). The Morgan fingerprint density at radius 1 is 0.936 bits per heavy atom. The summed E-state index contributed by atoms with van der Waals surface area (Å²) in [6, 6.07) is 23.6. The Hall–Kier alpha value is -4.52. The molecule has 2 N–H and O–H groups in total. The van der Waals surface area contributed by atoms with Gasteiger partial charge in [0.15, 0.2) is 5.75 Å². The van der Waals surface area contributed by atoms with Crippen molar-refractivity contribution in [2.45, 2.75) is 26.1 Å². The van der Waals surface area contributed by atoms with Gasteiger partial charge in [-0.15, -0.1) is 0 Å². The number of aromatic carboxylic acids is 1. The van der Waals surface area contributed by atoms with Gasteiger partial charge in [0, 0.05) is 29.7 Å². The molecule has 0 spiro atoms. The molecule has 1 heterocycles. The Kier molecular flexibility index (Phi) is 9.85. The largest absolute Gasteiger partial charge is 0.478 e. The number of hydrogen-bond donors (Lipinski definition) is 2. The third-order valence-electron chi connectivity index (χ3n) is 6.99. The lowest BCUT2D eigenvalue weighted by Crippen LogP contribution is -2.28. The quantitative estimate of drug-likeness (QED) is 0.142. The van der Waals surface area contributed by atoms with Crippen molar-refractivity contribution in [3.8, 4) is 33.9 Å².